The van der Waals surface area contributed by atoms with Crippen molar-refractivity contribution in [3.63, 3.8) is 0 Å². The van der Waals surface area contributed by atoms with Crippen LogP contribution in [-0.2, 0) is 14.8 Å². The fourth-order valence-electron chi connectivity index (χ4n) is 2.90. The number of benzene rings is 3. The Kier molecular flexibility index (Phi) is 4.94. The topological polar surface area (TPSA) is 134 Å². The van der Waals surface area contributed by atoms with Crippen molar-refractivity contribution in [3.05, 3.63) is 66.7 Å². The summed E-state index contributed by atoms with van der Waals surface area (Å²) in [4.78, 5) is 11.7. The molecule has 152 valence electrons. The van der Waals surface area contributed by atoms with Gasteiger partial charge in [-0.05, 0) is 41.5 Å². The number of sulfonamides is 1. The minimum atomic E-state index is -4.01. The maximum absolute atomic E-state index is 12.2. The van der Waals surface area contributed by atoms with E-state index < -0.39 is 22.5 Å². The Balaban J connectivity index is 1.73. The van der Waals surface area contributed by atoms with Gasteiger partial charge in [0.05, 0.1) is 4.90 Å². The largest absolute Gasteiger partial charge is 0.506 e. The van der Waals surface area contributed by atoms with Gasteiger partial charge in [-0.3, -0.25) is 4.79 Å². The number of nitrogens with one attached hydrogen (secondary N) is 1. The summed E-state index contributed by atoms with van der Waals surface area (Å²) in [6.45, 7) is -0.729. The molecule has 0 fully saturated rings. The van der Waals surface area contributed by atoms with E-state index >= 15 is 0 Å². The van der Waals surface area contributed by atoms with Crippen LogP contribution in [0.5, 0.6) is 5.75 Å². The Labute approximate surface area is 171 Å². The van der Waals surface area contributed by atoms with E-state index in [-0.39, 0.29) is 16.2 Å². The van der Waals surface area contributed by atoms with Crippen molar-refractivity contribution in [2.75, 3.05) is 6.54 Å². The summed E-state index contributed by atoms with van der Waals surface area (Å²) in [5.41, 5.74) is 2.83. The van der Waals surface area contributed by atoms with Crippen LogP contribution in [0.25, 0.3) is 27.8 Å². The van der Waals surface area contributed by atoms with E-state index in [1.807, 2.05) is 35.1 Å². The fraction of sp³-hybridized carbons (Fsp3) is 0.0500. The lowest BCUT2D eigenvalue weighted by Crippen LogP contribution is -2.29. The Bertz CT molecular complexity index is 1350. The molecular formula is C20H16N4O5S. The number of fused-ring (bicyclic) bond motifs is 1. The average molecular weight is 424 g/mol. The summed E-state index contributed by atoms with van der Waals surface area (Å²) in [6, 6.07) is 18.7. The van der Waals surface area contributed by atoms with Gasteiger partial charge in [-0.25, -0.2) is 8.42 Å². The molecule has 30 heavy (non-hydrogen) atoms. The molecule has 1 aromatic heterocycles. The number of phenols is 1. The molecule has 0 aliphatic rings. The first-order valence-electron chi connectivity index (χ1n) is 8.81. The molecule has 1 heterocycles. The molecule has 4 rings (SSSR count). The molecule has 0 saturated carbocycles. The quantitative estimate of drug-likeness (QED) is 0.432. The maximum atomic E-state index is 12.2. The second kappa shape index (κ2) is 7.58. The van der Waals surface area contributed by atoms with Crippen molar-refractivity contribution in [2.24, 2.45) is 0 Å². The monoisotopic (exact) mass is 424 g/mol. The van der Waals surface area contributed by atoms with E-state index in [4.69, 9.17) is 5.11 Å². The van der Waals surface area contributed by atoms with E-state index in [1.165, 1.54) is 29.1 Å². The van der Waals surface area contributed by atoms with Gasteiger partial charge in [-0.2, -0.15) is 4.72 Å². The maximum Gasteiger partial charge on any atom is 0.318 e. The Morgan fingerprint density at radius 3 is 2.40 bits per heavy atom. The van der Waals surface area contributed by atoms with Crippen molar-refractivity contribution in [1.29, 1.82) is 0 Å². The van der Waals surface area contributed by atoms with Crippen molar-refractivity contribution in [3.8, 4) is 22.6 Å². The van der Waals surface area contributed by atoms with Crippen molar-refractivity contribution >= 4 is 27.0 Å². The van der Waals surface area contributed by atoms with Crippen LogP contribution in [-0.4, -0.2) is 46.1 Å². The van der Waals surface area contributed by atoms with Gasteiger partial charge in [-0.15, -0.1) is 15.0 Å². The number of hydrogen-bond donors (Lipinski definition) is 3. The predicted octanol–water partition coefficient (Wildman–Crippen LogP) is 2.16. The van der Waals surface area contributed by atoms with Crippen LogP contribution < -0.4 is 4.72 Å². The Hall–Kier alpha value is -3.76. The van der Waals surface area contributed by atoms with Crippen LogP contribution >= 0.6 is 0 Å². The third-order valence-electron chi connectivity index (χ3n) is 4.37. The highest BCUT2D eigenvalue weighted by Gasteiger charge is 2.18. The van der Waals surface area contributed by atoms with Crippen LogP contribution in [0.3, 0.4) is 0 Å². The van der Waals surface area contributed by atoms with Gasteiger partial charge >= 0.3 is 5.97 Å². The smallest absolute Gasteiger partial charge is 0.318 e. The van der Waals surface area contributed by atoms with Gasteiger partial charge in [0, 0.05) is 0 Å². The second-order valence-electron chi connectivity index (χ2n) is 6.43. The van der Waals surface area contributed by atoms with Crippen LogP contribution in [0, 0.1) is 0 Å². The molecule has 0 bridgehead atoms. The molecule has 0 aliphatic heterocycles. The summed E-state index contributed by atoms with van der Waals surface area (Å²) < 4.78 is 26.5. The average Bonchev–Trinajstić information content (AvgIpc) is 3.16. The summed E-state index contributed by atoms with van der Waals surface area (Å²) in [5, 5.41) is 27.6. The van der Waals surface area contributed by atoms with E-state index in [9.17, 15) is 18.3 Å². The van der Waals surface area contributed by atoms with Gasteiger partial charge in [0.15, 0.2) is 0 Å². The first kappa shape index (κ1) is 19.6. The molecule has 0 saturated heterocycles. The summed E-state index contributed by atoms with van der Waals surface area (Å²) in [6.07, 6.45) is 0. The number of nitrogens with zero attached hydrogens (tertiary/aromatic N) is 3. The molecule has 3 aromatic carbocycles. The Morgan fingerprint density at radius 2 is 1.67 bits per heavy atom. The molecule has 10 heteroatoms. The van der Waals surface area contributed by atoms with E-state index in [0.29, 0.717) is 11.2 Å². The summed E-state index contributed by atoms with van der Waals surface area (Å²) >= 11 is 0. The zero-order valence-electron chi connectivity index (χ0n) is 15.4. The second-order valence-corrected chi connectivity index (χ2v) is 8.19. The number of phenolic OH excluding ortho intramolecular Hbond substituents is 1. The highest BCUT2D eigenvalue weighted by Crippen LogP contribution is 2.28. The van der Waals surface area contributed by atoms with Gasteiger partial charge in [-0.1, -0.05) is 36.4 Å². The highest BCUT2D eigenvalue weighted by molar-refractivity contribution is 7.89. The number of carboxylic acid groups (broad SMARTS) is 1. The van der Waals surface area contributed by atoms with Crippen LogP contribution in [0.4, 0.5) is 0 Å². The third kappa shape index (κ3) is 3.86. The zero-order chi connectivity index (χ0) is 21.3. The number of carboxylic acids is 1. The number of rotatable bonds is 6. The molecule has 0 unspecified atom stereocenters. The Morgan fingerprint density at radius 1 is 0.933 bits per heavy atom. The molecule has 0 amide bonds. The first-order chi connectivity index (χ1) is 14.3. The molecule has 3 N–H and O–H groups in total. The fourth-order valence-corrected chi connectivity index (χ4v) is 3.90. The molecular weight excluding hydrogens is 408 g/mol. The molecule has 0 aliphatic carbocycles. The number of aromatic hydroxyl groups is 1. The highest BCUT2D eigenvalue weighted by atomic mass is 32.2. The van der Waals surface area contributed by atoms with Gasteiger partial charge in [0.2, 0.25) is 10.0 Å². The standard InChI is InChI=1S/C20H16N4O5S/c25-19-9-6-14(13-4-2-1-3-5-13)10-18(19)24-22-16-8-7-15(11-17(16)23-24)30(28,29)21-12-20(26)27/h1-11,21,25H,12H2,(H,26,27). The van der Waals surface area contributed by atoms with Gasteiger partial charge < -0.3 is 10.2 Å². The normalized spacial score (nSPS) is 11.6. The molecule has 9 nitrogen and oxygen atoms in total. The van der Waals surface area contributed by atoms with Gasteiger partial charge in [0.25, 0.3) is 0 Å². The SMILES string of the molecule is O=C(O)CNS(=O)(=O)c1ccc2nn(-c3cc(-c4ccccc4)ccc3O)nc2c1. The number of hydrogen-bond acceptors (Lipinski definition) is 6. The van der Waals surface area contributed by atoms with Crippen LogP contribution in [0.1, 0.15) is 0 Å². The zero-order valence-corrected chi connectivity index (χ0v) is 16.2. The molecule has 0 radical (unpaired) electrons. The van der Waals surface area contributed by atoms with E-state index in [0.717, 1.165) is 11.1 Å². The first-order valence-corrected chi connectivity index (χ1v) is 10.3. The van der Waals surface area contributed by atoms with Crippen molar-refractivity contribution in [1.82, 2.24) is 19.7 Å². The van der Waals surface area contributed by atoms with E-state index in [2.05, 4.69) is 10.2 Å². The van der Waals surface area contributed by atoms with E-state index in [1.54, 1.807) is 12.1 Å². The summed E-state index contributed by atoms with van der Waals surface area (Å²) in [5.74, 6) is -1.33. The molecule has 4 aromatic rings. The van der Waals surface area contributed by atoms with Crippen molar-refractivity contribution in [2.45, 2.75) is 4.90 Å². The third-order valence-corrected chi connectivity index (χ3v) is 5.77. The number of aromatic nitrogens is 3. The molecule has 0 spiro atoms. The minimum absolute atomic E-state index is 0.0362. The minimum Gasteiger partial charge on any atom is -0.506 e. The van der Waals surface area contributed by atoms with Crippen molar-refractivity contribution < 1.29 is 23.4 Å². The van der Waals surface area contributed by atoms with Gasteiger partial charge in [0.1, 0.15) is 29.0 Å². The number of aliphatic carboxylic acids is 1. The predicted molar refractivity (Wildman–Crippen MR) is 109 cm³/mol. The lowest BCUT2D eigenvalue weighted by Gasteiger charge is -2.07. The number of carbonyl (C=O) groups is 1. The molecule has 0 atom stereocenters. The van der Waals surface area contributed by atoms with Crippen LogP contribution in [0.15, 0.2) is 71.6 Å². The van der Waals surface area contributed by atoms with Crippen LogP contribution in [0.2, 0.25) is 0 Å². The lowest BCUT2D eigenvalue weighted by molar-refractivity contribution is -0.135. The lowest BCUT2D eigenvalue weighted by atomic mass is 10.1. The summed E-state index contributed by atoms with van der Waals surface area (Å²) in [7, 11) is -4.01.